The Morgan fingerprint density at radius 1 is 1.32 bits per heavy atom. The summed E-state index contributed by atoms with van der Waals surface area (Å²) in [5.41, 5.74) is 8.69. The Labute approximate surface area is 115 Å². The van der Waals surface area contributed by atoms with E-state index in [9.17, 15) is 0 Å². The van der Waals surface area contributed by atoms with Gasteiger partial charge in [-0.1, -0.05) is 12.1 Å². The van der Waals surface area contributed by atoms with E-state index in [2.05, 4.69) is 48.0 Å². The van der Waals surface area contributed by atoms with Gasteiger partial charge in [-0.2, -0.15) is 0 Å². The van der Waals surface area contributed by atoms with Gasteiger partial charge >= 0.3 is 0 Å². The molecule has 0 amide bonds. The number of hydrogen-bond acceptors (Lipinski definition) is 4. The van der Waals surface area contributed by atoms with Crippen LogP contribution in [0, 0.1) is 0 Å². The van der Waals surface area contributed by atoms with Crippen molar-refractivity contribution in [2.45, 2.75) is 25.0 Å². The summed E-state index contributed by atoms with van der Waals surface area (Å²) in [5.74, 6) is 0. The molecule has 3 rings (SSSR count). The van der Waals surface area contributed by atoms with Crippen LogP contribution in [0.25, 0.3) is 0 Å². The molecular formula is C15H23N3O. The molecule has 0 saturated carbocycles. The van der Waals surface area contributed by atoms with Gasteiger partial charge in [-0.3, -0.25) is 0 Å². The monoisotopic (exact) mass is 261 g/mol. The minimum absolute atomic E-state index is 0.0443. The highest BCUT2D eigenvalue weighted by atomic mass is 16.5. The molecule has 0 aromatic heterocycles. The Balaban J connectivity index is 2.04. The molecule has 2 unspecified atom stereocenters. The van der Waals surface area contributed by atoms with Crippen LogP contribution in [0.2, 0.25) is 0 Å². The van der Waals surface area contributed by atoms with Crippen LogP contribution in [-0.2, 0) is 4.74 Å². The molecule has 104 valence electrons. The summed E-state index contributed by atoms with van der Waals surface area (Å²) in [6.45, 7) is 5.66. The van der Waals surface area contributed by atoms with Crippen molar-refractivity contribution in [2.75, 3.05) is 43.1 Å². The Hall–Kier alpha value is -1.26. The van der Waals surface area contributed by atoms with Crippen molar-refractivity contribution in [3.8, 4) is 0 Å². The molecule has 19 heavy (non-hydrogen) atoms. The maximum absolute atomic E-state index is 6.15. The number of para-hydroxylation sites is 2. The highest BCUT2D eigenvalue weighted by Gasteiger charge is 2.46. The summed E-state index contributed by atoms with van der Waals surface area (Å²) in [6.07, 6.45) is 1.21. The van der Waals surface area contributed by atoms with Gasteiger partial charge in [-0.05, 0) is 25.5 Å². The van der Waals surface area contributed by atoms with Crippen LogP contribution in [0.3, 0.4) is 0 Å². The number of anilines is 2. The average Bonchev–Trinajstić information content (AvgIpc) is 2.82. The molecule has 4 heteroatoms. The smallest absolute Gasteiger partial charge is 0.0805 e. The molecule has 2 N–H and O–H groups in total. The topological polar surface area (TPSA) is 41.7 Å². The second kappa shape index (κ2) is 4.69. The predicted molar refractivity (Wildman–Crippen MR) is 78.9 cm³/mol. The lowest BCUT2D eigenvalue weighted by atomic mass is 9.88. The molecule has 0 spiro atoms. The SMILES string of the molecule is CC1OCCC1(CN)N1CCN(C)c2ccccc21. The maximum atomic E-state index is 6.15. The Bertz CT molecular complexity index is 464. The minimum Gasteiger partial charge on any atom is -0.376 e. The quantitative estimate of drug-likeness (QED) is 0.875. The van der Waals surface area contributed by atoms with E-state index in [1.54, 1.807) is 0 Å². The zero-order chi connectivity index (χ0) is 13.5. The van der Waals surface area contributed by atoms with Crippen LogP contribution in [0.15, 0.2) is 24.3 Å². The van der Waals surface area contributed by atoms with Gasteiger partial charge in [0.25, 0.3) is 0 Å². The third kappa shape index (κ3) is 1.82. The van der Waals surface area contributed by atoms with E-state index in [-0.39, 0.29) is 11.6 Å². The van der Waals surface area contributed by atoms with Gasteiger partial charge < -0.3 is 20.3 Å². The zero-order valence-corrected chi connectivity index (χ0v) is 11.8. The summed E-state index contributed by atoms with van der Waals surface area (Å²) in [5, 5.41) is 0. The van der Waals surface area contributed by atoms with Gasteiger partial charge in [0.05, 0.1) is 23.0 Å². The fourth-order valence-electron chi connectivity index (χ4n) is 3.47. The summed E-state index contributed by atoms with van der Waals surface area (Å²) in [6, 6.07) is 8.60. The number of likely N-dealkylation sites (N-methyl/N-ethyl adjacent to an activating group) is 1. The molecule has 2 aliphatic rings. The molecule has 1 fully saturated rings. The van der Waals surface area contributed by atoms with Gasteiger partial charge in [0.1, 0.15) is 0 Å². The van der Waals surface area contributed by atoms with E-state index in [0.29, 0.717) is 6.54 Å². The fraction of sp³-hybridized carbons (Fsp3) is 0.600. The van der Waals surface area contributed by atoms with Crippen molar-refractivity contribution in [1.29, 1.82) is 0 Å². The van der Waals surface area contributed by atoms with Crippen molar-refractivity contribution in [3.05, 3.63) is 24.3 Å². The van der Waals surface area contributed by atoms with Gasteiger partial charge in [-0.15, -0.1) is 0 Å². The van der Waals surface area contributed by atoms with Crippen molar-refractivity contribution in [3.63, 3.8) is 0 Å². The molecule has 0 bridgehead atoms. The largest absolute Gasteiger partial charge is 0.376 e. The van der Waals surface area contributed by atoms with E-state index < -0.39 is 0 Å². The van der Waals surface area contributed by atoms with E-state index >= 15 is 0 Å². The number of hydrogen-bond donors (Lipinski definition) is 1. The lowest BCUT2D eigenvalue weighted by molar-refractivity contribution is 0.0946. The van der Waals surface area contributed by atoms with E-state index in [1.807, 2.05) is 0 Å². The first kappa shape index (κ1) is 12.8. The first-order chi connectivity index (χ1) is 9.19. The normalized spacial score (nSPS) is 30.6. The molecule has 0 aliphatic carbocycles. The lowest BCUT2D eigenvalue weighted by Crippen LogP contribution is -2.61. The maximum Gasteiger partial charge on any atom is 0.0805 e. The molecule has 2 atom stereocenters. The molecular weight excluding hydrogens is 238 g/mol. The zero-order valence-electron chi connectivity index (χ0n) is 11.8. The standard InChI is InChI=1S/C15H23N3O/c1-12-15(11-16,7-10-19-12)18-9-8-17(2)13-5-3-4-6-14(13)18/h3-6,12H,7-11,16H2,1-2H3. The predicted octanol–water partition coefficient (Wildman–Crippen LogP) is 1.45. The first-order valence-electron chi connectivity index (χ1n) is 7.08. The van der Waals surface area contributed by atoms with E-state index in [4.69, 9.17) is 10.5 Å². The molecule has 1 aromatic rings. The summed E-state index contributed by atoms with van der Waals surface area (Å²) >= 11 is 0. The molecule has 1 saturated heterocycles. The Morgan fingerprint density at radius 3 is 2.68 bits per heavy atom. The molecule has 1 aromatic carbocycles. The van der Waals surface area contributed by atoms with Gasteiger partial charge in [0.2, 0.25) is 0 Å². The first-order valence-corrected chi connectivity index (χ1v) is 7.08. The minimum atomic E-state index is -0.0443. The van der Waals surface area contributed by atoms with Crippen LogP contribution in [0.1, 0.15) is 13.3 Å². The average molecular weight is 261 g/mol. The molecule has 2 aliphatic heterocycles. The van der Waals surface area contributed by atoms with Crippen LogP contribution >= 0.6 is 0 Å². The van der Waals surface area contributed by atoms with Crippen LogP contribution < -0.4 is 15.5 Å². The highest BCUT2D eigenvalue weighted by molar-refractivity contribution is 5.74. The van der Waals surface area contributed by atoms with Crippen molar-refractivity contribution < 1.29 is 4.74 Å². The number of ether oxygens (including phenoxy) is 1. The lowest BCUT2D eigenvalue weighted by Gasteiger charge is -2.48. The van der Waals surface area contributed by atoms with E-state index in [1.165, 1.54) is 11.4 Å². The van der Waals surface area contributed by atoms with Crippen molar-refractivity contribution in [2.24, 2.45) is 5.73 Å². The van der Waals surface area contributed by atoms with Crippen molar-refractivity contribution >= 4 is 11.4 Å². The number of nitrogens with two attached hydrogens (primary N) is 1. The fourth-order valence-corrected chi connectivity index (χ4v) is 3.47. The van der Waals surface area contributed by atoms with Crippen LogP contribution in [-0.4, -0.2) is 44.9 Å². The van der Waals surface area contributed by atoms with Crippen LogP contribution in [0.5, 0.6) is 0 Å². The second-order valence-corrected chi connectivity index (χ2v) is 5.63. The Kier molecular flexibility index (Phi) is 3.15. The summed E-state index contributed by atoms with van der Waals surface area (Å²) < 4.78 is 5.82. The molecule has 0 radical (unpaired) electrons. The number of benzene rings is 1. The van der Waals surface area contributed by atoms with Crippen molar-refractivity contribution in [1.82, 2.24) is 0 Å². The number of nitrogens with zero attached hydrogens (tertiary/aromatic N) is 2. The summed E-state index contributed by atoms with van der Waals surface area (Å²) in [7, 11) is 2.15. The highest BCUT2D eigenvalue weighted by Crippen LogP contribution is 2.41. The Morgan fingerprint density at radius 2 is 2.05 bits per heavy atom. The second-order valence-electron chi connectivity index (χ2n) is 5.63. The van der Waals surface area contributed by atoms with Gasteiger partial charge in [-0.25, -0.2) is 0 Å². The molecule has 4 nitrogen and oxygen atoms in total. The number of fused-ring (bicyclic) bond motifs is 1. The van der Waals surface area contributed by atoms with Gasteiger partial charge in [0, 0.05) is 33.3 Å². The van der Waals surface area contributed by atoms with Crippen LogP contribution in [0.4, 0.5) is 11.4 Å². The third-order valence-electron chi connectivity index (χ3n) is 4.79. The summed E-state index contributed by atoms with van der Waals surface area (Å²) in [4.78, 5) is 4.80. The van der Waals surface area contributed by atoms with Gasteiger partial charge in [0.15, 0.2) is 0 Å². The van der Waals surface area contributed by atoms with E-state index in [0.717, 1.165) is 26.1 Å². The number of rotatable bonds is 2. The third-order valence-corrected chi connectivity index (χ3v) is 4.79. The molecule has 2 heterocycles.